The molecular weight excluding hydrogens is 320 g/mol. The number of para-hydroxylation sites is 1. The van der Waals surface area contributed by atoms with Crippen LogP contribution < -0.4 is 5.32 Å². The minimum Gasteiger partial charge on any atom is -0.478 e. The smallest absolute Gasteiger partial charge is 0.337 e. The monoisotopic (exact) mass is 332 g/mol. The molecule has 1 amide bonds. The first-order valence-electron chi connectivity index (χ1n) is 6.59. The minimum absolute atomic E-state index is 0.00511. The van der Waals surface area contributed by atoms with Gasteiger partial charge in [-0.05, 0) is 29.8 Å². The Hall–Kier alpha value is -2.86. The molecule has 0 aliphatic carbocycles. The number of hydrogen-bond donors (Lipinski definition) is 2. The summed E-state index contributed by atoms with van der Waals surface area (Å²) >= 11 is 5.76. The molecule has 2 aromatic carbocycles. The summed E-state index contributed by atoms with van der Waals surface area (Å²) in [5.74, 6) is -1.63. The van der Waals surface area contributed by atoms with E-state index in [0.717, 1.165) is 5.56 Å². The second-order valence-electron chi connectivity index (χ2n) is 4.46. The summed E-state index contributed by atoms with van der Waals surface area (Å²) in [5, 5.41) is 15.8. The summed E-state index contributed by atoms with van der Waals surface area (Å²) in [5.41, 5.74) is 0.979. The average Bonchev–Trinajstić information content (AvgIpc) is 2.53. The van der Waals surface area contributed by atoms with Crippen molar-refractivity contribution in [1.29, 1.82) is 0 Å². The third kappa shape index (κ3) is 5.12. The van der Waals surface area contributed by atoms with Crippen molar-refractivity contribution in [2.45, 2.75) is 0 Å². The molecule has 118 valence electrons. The van der Waals surface area contributed by atoms with Crippen LogP contribution in [0.4, 0.5) is 5.69 Å². The van der Waals surface area contributed by atoms with Gasteiger partial charge < -0.3 is 15.3 Å². The molecule has 0 aliphatic rings. The molecule has 0 atom stereocenters. The van der Waals surface area contributed by atoms with Crippen LogP contribution in [0.2, 0.25) is 5.02 Å². The van der Waals surface area contributed by atoms with Gasteiger partial charge in [-0.2, -0.15) is 0 Å². The summed E-state index contributed by atoms with van der Waals surface area (Å²) in [6.07, 6.45) is 1.44. The standard InChI is InChI=1S/C16H13ClN2O4/c17-12-7-5-11(6-8-12)9-18-23-10-15(20)19-14-4-2-1-3-13(14)16(21)22/h1-9H,10H2,(H,19,20)(H,21,22)/b18-9-. The molecule has 0 unspecified atom stereocenters. The number of nitrogens with zero attached hydrogens (tertiary/aromatic N) is 1. The highest BCUT2D eigenvalue weighted by molar-refractivity contribution is 6.30. The van der Waals surface area contributed by atoms with E-state index in [1.807, 2.05) is 0 Å². The lowest BCUT2D eigenvalue weighted by Gasteiger charge is -2.07. The van der Waals surface area contributed by atoms with Gasteiger partial charge in [0, 0.05) is 5.02 Å². The van der Waals surface area contributed by atoms with Gasteiger partial charge in [0.25, 0.3) is 5.91 Å². The molecule has 0 bridgehead atoms. The number of aromatic carboxylic acids is 1. The van der Waals surface area contributed by atoms with Crippen molar-refractivity contribution in [1.82, 2.24) is 0 Å². The molecule has 23 heavy (non-hydrogen) atoms. The zero-order valence-electron chi connectivity index (χ0n) is 11.9. The van der Waals surface area contributed by atoms with Crippen molar-refractivity contribution in [2.24, 2.45) is 5.16 Å². The van der Waals surface area contributed by atoms with Crippen LogP contribution in [-0.2, 0) is 9.63 Å². The first-order chi connectivity index (χ1) is 11.1. The van der Waals surface area contributed by atoms with Crippen LogP contribution in [0.5, 0.6) is 0 Å². The fraction of sp³-hybridized carbons (Fsp3) is 0.0625. The van der Waals surface area contributed by atoms with E-state index in [0.29, 0.717) is 5.02 Å². The Balaban J connectivity index is 1.86. The molecule has 2 aromatic rings. The van der Waals surface area contributed by atoms with Crippen molar-refractivity contribution in [3.63, 3.8) is 0 Å². The second-order valence-corrected chi connectivity index (χ2v) is 4.89. The summed E-state index contributed by atoms with van der Waals surface area (Å²) in [4.78, 5) is 27.6. The lowest BCUT2D eigenvalue weighted by molar-refractivity contribution is -0.120. The maximum Gasteiger partial charge on any atom is 0.337 e. The third-order valence-electron chi connectivity index (χ3n) is 2.77. The van der Waals surface area contributed by atoms with Crippen molar-refractivity contribution in [2.75, 3.05) is 11.9 Å². The molecule has 2 N–H and O–H groups in total. The van der Waals surface area contributed by atoms with Crippen LogP contribution in [0, 0.1) is 0 Å². The SMILES string of the molecule is O=C(CO/N=C\c1ccc(Cl)cc1)Nc1ccccc1C(=O)O. The summed E-state index contributed by atoms with van der Waals surface area (Å²) in [6.45, 7) is -0.335. The number of hydrogen-bond acceptors (Lipinski definition) is 4. The molecule has 0 aromatic heterocycles. The fourth-order valence-electron chi connectivity index (χ4n) is 1.71. The number of nitrogens with one attached hydrogen (secondary N) is 1. The van der Waals surface area contributed by atoms with Crippen molar-refractivity contribution in [3.8, 4) is 0 Å². The molecule has 2 rings (SSSR count). The number of carboxylic acid groups (broad SMARTS) is 1. The number of benzene rings is 2. The Morgan fingerprint density at radius 1 is 1.17 bits per heavy atom. The molecule has 7 heteroatoms. The van der Waals surface area contributed by atoms with Crippen molar-refractivity contribution >= 4 is 35.4 Å². The lowest BCUT2D eigenvalue weighted by Crippen LogP contribution is -2.18. The lowest BCUT2D eigenvalue weighted by atomic mass is 10.2. The van der Waals surface area contributed by atoms with E-state index in [-0.39, 0.29) is 17.9 Å². The number of rotatable bonds is 6. The quantitative estimate of drug-likeness (QED) is 0.628. The summed E-state index contributed by atoms with van der Waals surface area (Å²) in [6, 6.07) is 13.0. The van der Waals surface area contributed by atoms with E-state index in [1.165, 1.54) is 18.3 Å². The van der Waals surface area contributed by atoms with Gasteiger partial charge in [0.1, 0.15) is 0 Å². The van der Waals surface area contributed by atoms with Gasteiger partial charge >= 0.3 is 5.97 Å². The number of carbonyl (C=O) groups is 2. The molecule has 0 saturated carbocycles. The zero-order valence-corrected chi connectivity index (χ0v) is 12.7. The van der Waals surface area contributed by atoms with E-state index in [9.17, 15) is 9.59 Å². The second kappa shape index (κ2) is 7.95. The summed E-state index contributed by atoms with van der Waals surface area (Å²) in [7, 11) is 0. The van der Waals surface area contributed by atoms with E-state index in [4.69, 9.17) is 21.5 Å². The van der Waals surface area contributed by atoms with Crippen molar-refractivity contribution < 1.29 is 19.5 Å². The van der Waals surface area contributed by atoms with E-state index >= 15 is 0 Å². The number of carboxylic acids is 1. The van der Waals surface area contributed by atoms with E-state index in [1.54, 1.807) is 36.4 Å². The highest BCUT2D eigenvalue weighted by Gasteiger charge is 2.11. The Kier molecular flexibility index (Phi) is 5.71. The maximum atomic E-state index is 11.7. The van der Waals surface area contributed by atoms with Crippen LogP contribution in [0.3, 0.4) is 0 Å². The Morgan fingerprint density at radius 3 is 2.57 bits per heavy atom. The molecule has 0 saturated heterocycles. The highest BCUT2D eigenvalue weighted by atomic mass is 35.5. The number of carbonyl (C=O) groups excluding carboxylic acids is 1. The van der Waals surface area contributed by atoms with Gasteiger partial charge in [0.05, 0.1) is 17.5 Å². The van der Waals surface area contributed by atoms with Crippen LogP contribution in [-0.4, -0.2) is 29.8 Å². The zero-order chi connectivity index (χ0) is 16.7. The van der Waals surface area contributed by atoms with Crippen LogP contribution in [0.15, 0.2) is 53.7 Å². The fourth-order valence-corrected chi connectivity index (χ4v) is 1.83. The van der Waals surface area contributed by atoms with Gasteiger partial charge in [-0.3, -0.25) is 4.79 Å². The Morgan fingerprint density at radius 2 is 1.87 bits per heavy atom. The maximum absolute atomic E-state index is 11.7. The minimum atomic E-state index is -1.12. The molecule has 0 heterocycles. The van der Waals surface area contributed by atoms with Crippen LogP contribution in [0.1, 0.15) is 15.9 Å². The Labute approximate surface area is 137 Å². The number of oxime groups is 1. The van der Waals surface area contributed by atoms with Crippen LogP contribution in [0.25, 0.3) is 0 Å². The van der Waals surface area contributed by atoms with Gasteiger partial charge in [0.2, 0.25) is 0 Å². The van der Waals surface area contributed by atoms with Gasteiger partial charge in [-0.1, -0.05) is 41.0 Å². The van der Waals surface area contributed by atoms with E-state index < -0.39 is 11.9 Å². The first kappa shape index (κ1) is 16.5. The molecule has 0 spiro atoms. The number of halogens is 1. The normalized spacial score (nSPS) is 10.5. The number of amides is 1. The van der Waals surface area contributed by atoms with Gasteiger partial charge in [0.15, 0.2) is 6.61 Å². The summed E-state index contributed by atoms with van der Waals surface area (Å²) < 4.78 is 0. The first-order valence-corrected chi connectivity index (χ1v) is 6.97. The topological polar surface area (TPSA) is 88.0 Å². The predicted octanol–water partition coefficient (Wildman–Crippen LogP) is 3.03. The van der Waals surface area contributed by atoms with Crippen molar-refractivity contribution in [3.05, 3.63) is 64.7 Å². The van der Waals surface area contributed by atoms with E-state index in [2.05, 4.69) is 10.5 Å². The molecule has 0 fully saturated rings. The Bertz CT molecular complexity index is 729. The van der Waals surface area contributed by atoms with Gasteiger partial charge in [-0.15, -0.1) is 0 Å². The highest BCUT2D eigenvalue weighted by Crippen LogP contribution is 2.14. The van der Waals surface area contributed by atoms with Gasteiger partial charge in [-0.25, -0.2) is 4.79 Å². The molecule has 6 nitrogen and oxygen atoms in total. The molecule has 0 radical (unpaired) electrons. The largest absolute Gasteiger partial charge is 0.478 e. The molecule has 0 aliphatic heterocycles. The van der Waals surface area contributed by atoms with Crippen LogP contribution >= 0.6 is 11.6 Å². The third-order valence-corrected chi connectivity index (χ3v) is 3.03. The number of anilines is 1. The predicted molar refractivity (Wildman–Crippen MR) is 87.0 cm³/mol. The average molecular weight is 333 g/mol. The molecular formula is C16H13ClN2O4.